The molecule has 1 aromatic heterocycles. The third-order valence-corrected chi connectivity index (χ3v) is 3.26. The van der Waals surface area contributed by atoms with Crippen LogP contribution >= 0.6 is 15.9 Å². The van der Waals surface area contributed by atoms with Crippen LogP contribution in [-0.2, 0) is 16.1 Å². The predicted molar refractivity (Wildman–Crippen MR) is 92.7 cm³/mol. The first-order valence-corrected chi connectivity index (χ1v) is 8.12. The molecule has 2 aromatic rings. The van der Waals surface area contributed by atoms with E-state index in [1.54, 1.807) is 12.4 Å². The van der Waals surface area contributed by atoms with E-state index in [1.165, 1.54) is 0 Å². The molecule has 0 aliphatic heterocycles. The molecule has 1 N–H and O–H groups in total. The number of aromatic nitrogens is 2. The lowest BCUT2D eigenvalue weighted by atomic mass is 10.1. The molecule has 6 heteroatoms. The number of nitrogens with one attached hydrogen (secondary N) is 1. The number of carbonyl (C=O) groups excluding carboxylic acids is 1. The molecular formula is C17H20BrN3O2. The van der Waals surface area contributed by atoms with E-state index in [0.717, 1.165) is 15.6 Å². The average molecular weight is 378 g/mol. The number of halogens is 1. The SMILES string of the molecule is CC(C)(C)OC(=O)CNCc1ccc(-c2ncc(Br)cn2)cc1. The first-order valence-electron chi connectivity index (χ1n) is 7.33. The first kappa shape index (κ1) is 17.6. The second-order valence-corrected chi connectivity index (χ2v) is 7.03. The molecule has 0 spiro atoms. The van der Waals surface area contributed by atoms with E-state index < -0.39 is 5.60 Å². The Labute approximate surface area is 144 Å². The van der Waals surface area contributed by atoms with Crippen LogP contribution in [0.25, 0.3) is 11.4 Å². The Hall–Kier alpha value is -1.79. The Morgan fingerprint density at radius 2 is 1.78 bits per heavy atom. The van der Waals surface area contributed by atoms with Crippen molar-refractivity contribution in [3.05, 3.63) is 46.7 Å². The van der Waals surface area contributed by atoms with E-state index in [4.69, 9.17) is 4.74 Å². The van der Waals surface area contributed by atoms with Gasteiger partial charge >= 0.3 is 5.97 Å². The minimum Gasteiger partial charge on any atom is -0.459 e. The summed E-state index contributed by atoms with van der Waals surface area (Å²) in [5.74, 6) is 0.429. The van der Waals surface area contributed by atoms with Crippen LogP contribution in [0.15, 0.2) is 41.1 Å². The maximum Gasteiger partial charge on any atom is 0.320 e. The smallest absolute Gasteiger partial charge is 0.320 e. The molecule has 0 aliphatic rings. The highest BCUT2D eigenvalue weighted by molar-refractivity contribution is 9.10. The van der Waals surface area contributed by atoms with Crippen molar-refractivity contribution >= 4 is 21.9 Å². The molecule has 0 saturated carbocycles. The molecule has 0 aliphatic carbocycles. The van der Waals surface area contributed by atoms with Crippen LogP contribution < -0.4 is 5.32 Å². The number of carbonyl (C=O) groups is 1. The van der Waals surface area contributed by atoms with Gasteiger partial charge in [0.15, 0.2) is 5.82 Å². The zero-order chi connectivity index (χ0) is 16.9. The minimum atomic E-state index is -0.453. The predicted octanol–water partition coefficient (Wildman–Crippen LogP) is 3.34. The van der Waals surface area contributed by atoms with Gasteiger partial charge < -0.3 is 10.1 Å². The lowest BCUT2D eigenvalue weighted by Crippen LogP contribution is -2.31. The highest BCUT2D eigenvalue weighted by Gasteiger charge is 2.15. The Morgan fingerprint density at radius 3 is 2.35 bits per heavy atom. The van der Waals surface area contributed by atoms with Gasteiger partial charge in [0.1, 0.15) is 5.60 Å². The van der Waals surface area contributed by atoms with Gasteiger partial charge in [-0.2, -0.15) is 0 Å². The van der Waals surface area contributed by atoms with Gasteiger partial charge in [-0.1, -0.05) is 24.3 Å². The van der Waals surface area contributed by atoms with Crippen molar-refractivity contribution in [2.75, 3.05) is 6.54 Å². The van der Waals surface area contributed by atoms with Crippen molar-refractivity contribution in [1.82, 2.24) is 15.3 Å². The molecule has 1 aromatic carbocycles. The fourth-order valence-corrected chi connectivity index (χ4v) is 2.12. The molecule has 23 heavy (non-hydrogen) atoms. The molecule has 5 nitrogen and oxygen atoms in total. The van der Waals surface area contributed by atoms with E-state index >= 15 is 0 Å². The molecule has 0 atom stereocenters. The maximum atomic E-state index is 11.6. The summed E-state index contributed by atoms with van der Waals surface area (Å²) in [5, 5.41) is 3.08. The summed E-state index contributed by atoms with van der Waals surface area (Å²) >= 11 is 3.32. The van der Waals surface area contributed by atoms with Crippen molar-refractivity contribution in [2.45, 2.75) is 32.9 Å². The molecule has 0 unspecified atom stereocenters. The van der Waals surface area contributed by atoms with Crippen molar-refractivity contribution in [3.8, 4) is 11.4 Å². The Bertz CT molecular complexity index is 649. The van der Waals surface area contributed by atoms with Crippen LogP contribution in [0.1, 0.15) is 26.3 Å². The molecule has 0 saturated heterocycles. The Balaban J connectivity index is 1.86. The van der Waals surface area contributed by atoms with Crippen LogP contribution in [0, 0.1) is 0 Å². The fourth-order valence-electron chi connectivity index (χ4n) is 1.92. The van der Waals surface area contributed by atoms with Crippen LogP contribution in [0.3, 0.4) is 0 Å². The zero-order valence-electron chi connectivity index (χ0n) is 13.5. The number of ether oxygens (including phenoxy) is 1. The molecule has 0 radical (unpaired) electrons. The summed E-state index contributed by atoms with van der Waals surface area (Å²) in [7, 11) is 0. The quantitative estimate of drug-likeness (QED) is 0.809. The molecule has 2 rings (SSSR count). The van der Waals surface area contributed by atoms with Gasteiger partial charge in [-0.25, -0.2) is 9.97 Å². The van der Waals surface area contributed by atoms with Crippen molar-refractivity contribution in [2.24, 2.45) is 0 Å². The number of hydrogen-bond acceptors (Lipinski definition) is 5. The van der Waals surface area contributed by atoms with Gasteiger partial charge in [0.2, 0.25) is 0 Å². The van der Waals surface area contributed by atoms with Gasteiger partial charge in [-0.15, -0.1) is 0 Å². The van der Waals surface area contributed by atoms with Crippen LogP contribution in [0.4, 0.5) is 0 Å². The van der Waals surface area contributed by atoms with E-state index in [0.29, 0.717) is 12.4 Å². The number of esters is 1. The van der Waals surface area contributed by atoms with E-state index in [1.807, 2.05) is 45.0 Å². The van der Waals surface area contributed by atoms with Gasteiger partial charge in [-0.05, 0) is 42.3 Å². The second kappa shape index (κ2) is 7.66. The van der Waals surface area contributed by atoms with E-state index in [-0.39, 0.29) is 12.5 Å². The molecule has 0 amide bonds. The maximum absolute atomic E-state index is 11.6. The highest BCUT2D eigenvalue weighted by atomic mass is 79.9. The van der Waals surface area contributed by atoms with Gasteiger partial charge in [0, 0.05) is 24.5 Å². The lowest BCUT2D eigenvalue weighted by molar-refractivity contribution is -0.153. The van der Waals surface area contributed by atoms with Gasteiger partial charge in [-0.3, -0.25) is 4.79 Å². The summed E-state index contributed by atoms with van der Waals surface area (Å²) in [5.41, 5.74) is 1.58. The van der Waals surface area contributed by atoms with Crippen LogP contribution in [-0.4, -0.2) is 28.1 Å². The van der Waals surface area contributed by atoms with E-state index in [2.05, 4.69) is 31.2 Å². The number of benzene rings is 1. The fraction of sp³-hybridized carbons (Fsp3) is 0.353. The van der Waals surface area contributed by atoms with Crippen molar-refractivity contribution in [1.29, 1.82) is 0 Å². The summed E-state index contributed by atoms with van der Waals surface area (Å²) < 4.78 is 6.09. The summed E-state index contributed by atoms with van der Waals surface area (Å²) in [6, 6.07) is 7.91. The normalized spacial score (nSPS) is 11.3. The Kier molecular flexibility index (Phi) is 5.85. The molecule has 1 heterocycles. The summed E-state index contributed by atoms with van der Waals surface area (Å²) in [6.45, 7) is 6.35. The molecule has 0 bridgehead atoms. The van der Waals surface area contributed by atoms with Gasteiger partial charge in [0.25, 0.3) is 0 Å². The zero-order valence-corrected chi connectivity index (χ0v) is 15.1. The third kappa shape index (κ3) is 6.08. The highest BCUT2D eigenvalue weighted by Crippen LogP contribution is 2.16. The summed E-state index contributed by atoms with van der Waals surface area (Å²) in [4.78, 5) is 20.1. The standard InChI is InChI=1S/C17H20BrN3O2/c1-17(2,3)23-15(22)11-19-8-12-4-6-13(7-5-12)16-20-9-14(18)10-21-16/h4-7,9-10,19H,8,11H2,1-3H3. The number of hydrogen-bond donors (Lipinski definition) is 1. The minimum absolute atomic E-state index is 0.189. The number of nitrogens with zero attached hydrogens (tertiary/aromatic N) is 2. The molecule has 122 valence electrons. The van der Waals surface area contributed by atoms with Crippen molar-refractivity contribution in [3.63, 3.8) is 0 Å². The number of rotatable bonds is 5. The van der Waals surface area contributed by atoms with E-state index in [9.17, 15) is 4.79 Å². The Morgan fingerprint density at radius 1 is 1.17 bits per heavy atom. The van der Waals surface area contributed by atoms with Crippen LogP contribution in [0.2, 0.25) is 0 Å². The van der Waals surface area contributed by atoms with Crippen LogP contribution in [0.5, 0.6) is 0 Å². The van der Waals surface area contributed by atoms with Gasteiger partial charge in [0.05, 0.1) is 11.0 Å². The molecular weight excluding hydrogens is 358 g/mol. The monoisotopic (exact) mass is 377 g/mol. The lowest BCUT2D eigenvalue weighted by Gasteiger charge is -2.19. The first-order chi connectivity index (χ1) is 10.8. The summed E-state index contributed by atoms with van der Waals surface area (Å²) in [6.07, 6.45) is 3.44. The molecule has 0 fully saturated rings. The topological polar surface area (TPSA) is 64.1 Å². The largest absolute Gasteiger partial charge is 0.459 e. The third-order valence-electron chi connectivity index (χ3n) is 2.85. The van der Waals surface area contributed by atoms with Crippen molar-refractivity contribution < 1.29 is 9.53 Å². The average Bonchev–Trinajstić information content (AvgIpc) is 2.47. The second-order valence-electron chi connectivity index (χ2n) is 6.11.